The Bertz CT molecular complexity index is 430. The number of nitrogens with zero attached hydrogens (tertiary/aromatic N) is 1. The second-order valence-electron chi connectivity index (χ2n) is 3.39. The Hall–Kier alpha value is -1.34. The molecule has 7 heteroatoms. The fourth-order valence-corrected chi connectivity index (χ4v) is 1.76. The maximum absolute atomic E-state index is 11.7. The van der Waals surface area contributed by atoms with Gasteiger partial charge >= 0.3 is 5.97 Å². The third-order valence-corrected chi connectivity index (χ3v) is 2.61. The lowest BCUT2D eigenvalue weighted by Crippen LogP contribution is -2.37. The molecule has 0 radical (unpaired) electrons. The number of carbonyl (C=O) groups is 2. The minimum absolute atomic E-state index is 0.319. The molecule has 0 bridgehead atoms. The molecule has 3 N–H and O–H groups in total. The molecule has 6 nitrogen and oxygen atoms in total. The fraction of sp³-hybridized carbons (Fsp3) is 0.400. The number of amides is 1. The highest BCUT2D eigenvalue weighted by Gasteiger charge is 2.17. The monoisotopic (exact) mass is 304 g/mol. The Morgan fingerprint density at radius 1 is 1.59 bits per heavy atom. The molecule has 0 spiro atoms. The molecule has 94 valence electrons. The first-order valence-electron chi connectivity index (χ1n) is 5.00. The van der Waals surface area contributed by atoms with Crippen molar-refractivity contribution in [2.75, 3.05) is 6.54 Å². The molecule has 0 aromatic carbocycles. The van der Waals surface area contributed by atoms with Crippen molar-refractivity contribution in [3.63, 3.8) is 0 Å². The zero-order valence-electron chi connectivity index (χ0n) is 9.18. The average molecular weight is 305 g/mol. The molecule has 0 fully saturated rings. The van der Waals surface area contributed by atoms with Crippen molar-refractivity contribution in [3.05, 3.63) is 22.4 Å². The lowest BCUT2D eigenvalue weighted by molar-refractivity contribution is -0.146. The van der Waals surface area contributed by atoms with E-state index in [0.717, 1.165) is 4.47 Å². The summed E-state index contributed by atoms with van der Waals surface area (Å²) >= 11 is 3.25. The Balaban J connectivity index is 2.66. The predicted octanol–water partition coefficient (Wildman–Crippen LogP) is 0.446. The van der Waals surface area contributed by atoms with Crippen LogP contribution in [0.4, 0.5) is 0 Å². The number of carbonyl (C=O) groups excluding carboxylic acids is 1. The summed E-state index contributed by atoms with van der Waals surface area (Å²) in [5, 5.41) is 19.8. The second kappa shape index (κ2) is 5.83. The van der Waals surface area contributed by atoms with Gasteiger partial charge in [-0.15, -0.1) is 0 Å². The molecular formula is C10H13BrN2O4. The summed E-state index contributed by atoms with van der Waals surface area (Å²) in [5.74, 6) is -1.78. The van der Waals surface area contributed by atoms with E-state index < -0.39 is 18.0 Å². The van der Waals surface area contributed by atoms with Gasteiger partial charge in [0.1, 0.15) is 5.69 Å². The maximum Gasteiger partial charge on any atom is 0.334 e. The SMILES string of the molecule is CCn1cc(Br)cc1C(=O)NC[C@H](O)C(=O)O. The van der Waals surface area contributed by atoms with Gasteiger partial charge in [-0.05, 0) is 28.9 Å². The molecule has 1 rings (SSSR count). The van der Waals surface area contributed by atoms with Crippen LogP contribution in [0.5, 0.6) is 0 Å². The van der Waals surface area contributed by atoms with Crippen molar-refractivity contribution < 1.29 is 19.8 Å². The van der Waals surface area contributed by atoms with E-state index in [4.69, 9.17) is 10.2 Å². The number of aliphatic hydroxyl groups excluding tert-OH is 1. The van der Waals surface area contributed by atoms with E-state index in [9.17, 15) is 9.59 Å². The van der Waals surface area contributed by atoms with Gasteiger partial charge in [0.25, 0.3) is 5.91 Å². The molecule has 0 saturated carbocycles. The topological polar surface area (TPSA) is 91.6 Å². The van der Waals surface area contributed by atoms with Crippen LogP contribution in [0.2, 0.25) is 0 Å². The molecule has 1 atom stereocenters. The summed E-state index contributed by atoms with van der Waals surface area (Å²) in [6, 6.07) is 1.63. The van der Waals surface area contributed by atoms with Crippen molar-refractivity contribution in [2.45, 2.75) is 19.6 Å². The molecule has 0 aliphatic heterocycles. The molecule has 0 unspecified atom stereocenters. The van der Waals surface area contributed by atoms with Crippen molar-refractivity contribution in [2.24, 2.45) is 0 Å². The van der Waals surface area contributed by atoms with Crippen LogP contribution in [0.15, 0.2) is 16.7 Å². The fourth-order valence-electron chi connectivity index (χ4n) is 1.29. The summed E-state index contributed by atoms with van der Waals surface area (Å²) in [5.41, 5.74) is 0.414. The molecule has 1 heterocycles. The average Bonchev–Trinajstić information content (AvgIpc) is 2.66. The Kier molecular flexibility index (Phi) is 4.71. The maximum atomic E-state index is 11.7. The first-order chi connectivity index (χ1) is 7.95. The highest BCUT2D eigenvalue weighted by atomic mass is 79.9. The Morgan fingerprint density at radius 3 is 2.76 bits per heavy atom. The van der Waals surface area contributed by atoms with E-state index in [2.05, 4.69) is 21.2 Å². The van der Waals surface area contributed by atoms with Gasteiger partial charge in [0.15, 0.2) is 6.10 Å². The van der Waals surface area contributed by atoms with Crippen LogP contribution in [0, 0.1) is 0 Å². The second-order valence-corrected chi connectivity index (χ2v) is 4.31. The van der Waals surface area contributed by atoms with Crippen LogP contribution in [-0.2, 0) is 11.3 Å². The number of aliphatic hydroxyl groups is 1. The van der Waals surface area contributed by atoms with Crippen LogP contribution < -0.4 is 5.32 Å². The van der Waals surface area contributed by atoms with Crippen LogP contribution in [-0.4, -0.2) is 39.3 Å². The number of rotatable bonds is 5. The van der Waals surface area contributed by atoms with Crippen LogP contribution in [0.3, 0.4) is 0 Å². The highest BCUT2D eigenvalue weighted by Crippen LogP contribution is 2.14. The van der Waals surface area contributed by atoms with Gasteiger partial charge in [-0.1, -0.05) is 0 Å². The smallest absolute Gasteiger partial charge is 0.334 e. The van der Waals surface area contributed by atoms with Crippen LogP contribution >= 0.6 is 15.9 Å². The first kappa shape index (κ1) is 13.7. The number of halogens is 1. The van der Waals surface area contributed by atoms with Gasteiger partial charge in [-0.25, -0.2) is 4.79 Å². The number of hydrogen-bond donors (Lipinski definition) is 3. The van der Waals surface area contributed by atoms with Gasteiger partial charge in [-0.2, -0.15) is 0 Å². The number of carboxylic acid groups (broad SMARTS) is 1. The molecule has 1 aromatic heterocycles. The lowest BCUT2D eigenvalue weighted by Gasteiger charge is -2.09. The summed E-state index contributed by atoms with van der Waals surface area (Å²) < 4.78 is 2.48. The molecule has 0 aliphatic carbocycles. The third-order valence-electron chi connectivity index (χ3n) is 2.18. The van der Waals surface area contributed by atoms with E-state index in [1.54, 1.807) is 16.8 Å². The number of hydrogen-bond acceptors (Lipinski definition) is 3. The first-order valence-corrected chi connectivity index (χ1v) is 5.79. The van der Waals surface area contributed by atoms with Gasteiger partial charge in [-0.3, -0.25) is 4.79 Å². The highest BCUT2D eigenvalue weighted by molar-refractivity contribution is 9.10. The van der Waals surface area contributed by atoms with E-state index in [1.165, 1.54) is 0 Å². The number of aliphatic carboxylic acids is 1. The van der Waals surface area contributed by atoms with Gasteiger partial charge in [0.05, 0.1) is 6.54 Å². The Labute approximate surface area is 106 Å². The lowest BCUT2D eigenvalue weighted by atomic mass is 10.3. The third kappa shape index (κ3) is 3.57. The Morgan fingerprint density at radius 2 is 2.24 bits per heavy atom. The zero-order valence-corrected chi connectivity index (χ0v) is 10.8. The van der Waals surface area contributed by atoms with Crippen molar-refractivity contribution in [3.8, 4) is 0 Å². The van der Waals surface area contributed by atoms with E-state index in [1.807, 2.05) is 6.92 Å². The molecule has 1 amide bonds. The molecule has 0 aliphatic rings. The van der Waals surface area contributed by atoms with E-state index in [0.29, 0.717) is 12.2 Å². The standard InChI is InChI=1S/C10H13BrN2O4/c1-2-13-5-6(11)3-7(13)9(15)12-4-8(14)10(16)17/h3,5,8,14H,2,4H2,1H3,(H,12,15)(H,16,17)/t8-/m0/s1. The summed E-state index contributed by atoms with van der Waals surface area (Å²) in [6.45, 7) is 2.19. The zero-order chi connectivity index (χ0) is 13.0. The predicted molar refractivity (Wildman–Crippen MR) is 63.8 cm³/mol. The summed E-state index contributed by atoms with van der Waals surface area (Å²) in [7, 11) is 0. The summed E-state index contributed by atoms with van der Waals surface area (Å²) in [6.07, 6.45) is 0.162. The largest absolute Gasteiger partial charge is 0.479 e. The van der Waals surface area contributed by atoms with Crippen molar-refractivity contribution >= 4 is 27.8 Å². The molecular weight excluding hydrogens is 292 g/mol. The van der Waals surface area contributed by atoms with Crippen LogP contribution in [0.25, 0.3) is 0 Å². The molecule has 0 saturated heterocycles. The van der Waals surface area contributed by atoms with Crippen molar-refractivity contribution in [1.29, 1.82) is 0 Å². The minimum atomic E-state index is -1.59. The van der Waals surface area contributed by atoms with Gasteiger partial charge < -0.3 is 20.1 Å². The number of carboxylic acids is 1. The van der Waals surface area contributed by atoms with Gasteiger partial charge in [0, 0.05) is 17.2 Å². The molecule has 1 aromatic rings. The number of nitrogens with one attached hydrogen (secondary N) is 1. The number of aromatic nitrogens is 1. The van der Waals surface area contributed by atoms with Crippen molar-refractivity contribution in [1.82, 2.24) is 9.88 Å². The van der Waals surface area contributed by atoms with Crippen LogP contribution in [0.1, 0.15) is 17.4 Å². The normalized spacial score (nSPS) is 12.2. The molecule has 17 heavy (non-hydrogen) atoms. The quantitative estimate of drug-likeness (QED) is 0.736. The van der Waals surface area contributed by atoms with E-state index in [-0.39, 0.29) is 6.54 Å². The van der Waals surface area contributed by atoms with E-state index >= 15 is 0 Å². The minimum Gasteiger partial charge on any atom is -0.479 e. The van der Waals surface area contributed by atoms with Gasteiger partial charge in [0.2, 0.25) is 0 Å². The summed E-state index contributed by atoms with van der Waals surface area (Å²) in [4.78, 5) is 22.1. The number of aryl methyl sites for hydroxylation is 1.